The molecular weight excluding hydrogens is 445 g/mol. The van der Waals surface area contributed by atoms with Crippen LogP contribution in [0, 0.1) is 0 Å². The minimum absolute atomic E-state index is 0.0847. The summed E-state index contributed by atoms with van der Waals surface area (Å²) in [5, 5.41) is 12.7. The van der Waals surface area contributed by atoms with Gasteiger partial charge in [0, 0.05) is 6.42 Å². The number of carbonyl (C=O) groups excluding carboxylic acids is 1. The lowest BCUT2D eigenvalue weighted by Gasteiger charge is -2.17. The van der Waals surface area contributed by atoms with Crippen LogP contribution < -0.4 is 5.32 Å². The van der Waals surface area contributed by atoms with Crippen molar-refractivity contribution in [3.05, 3.63) is 41.7 Å². The van der Waals surface area contributed by atoms with Gasteiger partial charge in [0.15, 0.2) is 8.38 Å². The van der Waals surface area contributed by atoms with E-state index in [0.29, 0.717) is 26.1 Å². The standard InChI is InChI=1S/C28H48NO4P/c1-4-7-8-9-10-11-12-13-14-15-16-17-28(31)29-26(22-23-34(32-5-2)33-6-3)24-25-18-20-27(30)21-19-25/h18-23,26,30H,4-17,24H2,1-3H3,(H,29,31)/b23-22+/t26-/m0/s1. The molecule has 0 aliphatic rings. The summed E-state index contributed by atoms with van der Waals surface area (Å²) in [6.07, 6.45) is 17.2. The lowest BCUT2D eigenvalue weighted by atomic mass is 10.0. The summed E-state index contributed by atoms with van der Waals surface area (Å²) in [5.41, 5.74) is 1.06. The van der Waals surface area contributed by atoms with Gasteiger partial charge >= 0.3 is 0 Å². The van der Waals surface area contributed by atoms with E-state index in [-0.39, 0.29) is 17.7 Å². The van der Waals surface area contributed by atoms with Crippen LogP contribution in [-0.2, 0) is 20.3 Å². The number of unbranched alkanes of at least 4 members (excludes halogenated alkanes) is 10. The summed E-state index contributed by atoms with van der Waals surface area (Å²) in [4.78, 5) is 12.6. The lowest BCUT2D eigenvalue weighted by Crippen LogP contribution is -2.34. The number of rotatable bonds is 21. The first kappa shape index (κ1) is 30.6. The van der Waals surface area contributed by atoms with Gasteiger partial charge in [0.05, 0.1) is 19.3 Å². The van der Waals surface area contributed by atoms with Crippen LogP contribution in [0.3, 0.4) is 0 Å². The zero-order valence-electron chi connectivity index (χ0n) is 21.8. The highest BCUT2D eigenvalue weighted by Gasteiger charge is 2.13. The number of benzene rings is 1. The maximum absolute atomic E-state index is 12.6. The fourth-order valence-electron chi connectivity index (χ4n) is 3.83. The average Bonchev–Trinajstić information content (AvgIpc) is 2.82. The van der Waals surface area contributed by atoms with Crippen LogP contribution in [0.1, 0.15) is 103 Å². The molecule has 1 atom stereocenters. The van der Waals surface area contributed by atoms with Crippen molar-refractivity contribution in [2.24, 2.45) is 0 Å². The molecule has 194 valence electrons. The van der Waals surface area contributed by atoms with Crippen molar-refractivity contribution in [2.75, 3.05) is 13.2 Å². The topological polar surface area (TPSA) is 67.8 Å². The molecular formula is C28H48NO4P. The molecule has 0 heterocycles. The van der Waals surface area contributed by atoms with Crippen LogP contribution in [0.25, 0.3) is 0 Å². The molecule has 0 saturated carbocycles. The first-order chi connectivity index (χ1) is 16.6. The fourth-order valence-corrected chi connectivity index (χ4v) is 4.94. The molecule has 0 aromatic heterocycles. The summed E-state index contributed by atoms with van der Waals surface area (Å²) >= 11 is 0. The molecule has 34 heavy (non-hydrogen) atoms. The monoisotopic (exact) mass is 493 g/mol. The first-order valence-electron chi connectivity index (χ1n) is 13.4. The van der Waals surface area contributed by atoms with Crippen molar-refractivity contribution in [2.45, 2.75) is 110 Å². The Balaban J connectivity index is 2.40. The van der Waals surface area contributed by atoms with Gasteiger partial charge in [0.25, 0.3) is 0 Å². The number of phenolic OH excluding ortho intramolecular Hbond substituents is 1. The molecule has 0 aliphatic heterocycles. The predicted molar refractivity (Wildman–Crippen MR) is 144 cm³/mol. The average molecular weight is 494 g/mol. The smallest absolute Gasteiger partial charge is 0.220 e. The number of hydrogen-bond donors (Lipinski definition) is 2. The Bertz CT molecular complexity index is 644. The summed E-state index contributed by atoms with van der Waals surface area (Å²) in [7, 11) is -1.10. The minimum Gasteiger partial charge on any atom is -0.508 e. The van der Waals surface area contributed by atoms with Crippen molar-refractivity contribution in [3.63, 3.8) is 0 Å². The van der Waals surface area contributed by atoms with E-state index < -0.39 is 8.38 Å². The second kappa shape index (κ2) is 20.9. The third-order valence-corrected chi connectivity index (χ3v) is 7.14. The van der Waals surface area contributed by atoms with Crippen molar-refractivity contribution in [3.8, 4) is 5.75 Å². The molecule has 0 radical (unpaired) electrons. The van der Waals surface area contributed by atoms with E-state index >= 15 is 0 Å². The van der Waals surface area contributed by atoms with Gasteiger partial charge in [-0.25, -0.2) is 0 Å². The molecule has 1 aromatic rings. The van der Waals surface area contributed by atoms with Crippen LogP contribution in [0.5, 0.6) is 5.75 Å². The molecule has 1 aromatic carbocycles. The Kier molecular flexibility index (Phi) is 18.8. The summed E-state index contributed by atoms with van der Waals surface area (Å²) in [6.45, 7) is 7.33. The Morgan fingerprint density at radius 3 is 1.94 bits per heavy atom. The molecule has 0 spiro atoms. The van der Waals surface area contributed by atoms with Gasteiger partial charge in [0.1, 0.15) is 5.75 Å². The number of nitrogens with one attached hydrogen (secondary N) is 1. The Morgan fingerprint density at radius 2 is 1.41 bits per heavy atom. The second-order valence-electron chi connectivity index (χ2n) is 8.79. The van der Waals surface area contributed by atoms with Crippen molar-refractivity contribution in [1.82, 2.24) is 5.32 Å². The third-order valence-electron chi connectivity index (χ3n) is 5.70. The highest BCUT2D eigenvalue weighted by molar-refractivity contribution is 7.50. The lowest BCUT2D eigenvalue weighted by molar-refractivity contribution is -0.121. The highest BCUT2D eigenvalue weighted by Crippen LogP contribution is 2.39. The molecule has 0 bridgehead atoms. The molecule has 5 nitrogen and oxygen atoms in total. The number of amides is 1. The van der Waals surface area contributed by atoms with E-state index in [2.05, 4.69) is 12.2 Å². The van der Waals surface area contributed by atoms with E-state index in [4.69, 9.17) is 9.05 Å². The second-order valence-corrected chi connectivity index (χ2v) is 10.2. The fraction of sp³-hybridized carbons (Fsp3) is 0.679. The van der Waals surface area contributed by atoms with Crippen LogP contribution in [-0.4, -0.2) is 30.3 Å². The number of aromatic hydroxyl groups is 1. The maximum Gasteiger partial charge on any atom is 0.220 e. The highest BCUT2D eigenvalue weighted by atomic mass is 31.2. The zero-order valence-corrected chi connectivity index (χ0v) is 22.7. The molecule has 0 saturated heterocycles. The quantitative estimate of drug-likeness (QED) is 0.134. The van der Waals surface area contributed by atoms with E-state index in [0.717, 1.165) is 18.4 Å². The summed E-state index contributed by atoms with van der Waals surface area (Å²) in [6, 6.07) is 6.99. The van der Waals surface area contributed by atoms with Gasteiger partial charge in [0.2, 0.25) is 5.91 Å². The molecule has 0 aliphatic carbocycles. The summed E-state index contributed by atoms with van der Waals surface area (Å²) in [5.74, 6) is 2.27. The molecule has 2 N–H and O–H groups in total. The van der Waals surface area contributed by atoms with Gasteiger partial charge in [-0.3, -0.25) is 4.79 Å². The summed E-state index contributed by atoms with van der Waals surface area (Å²) < 4.78 is 11.3. The van der Waals surface area contributed by atoms with Crippen molar-refractivity contribution < 1.29 is 18.9 Å². The Hall–Kier alpha value is -1.42. The number of carbonyl (C=O) groups is 1. The largest absolute Gasteiger partial charge is 0.508 e. The van der Waals surface area contributed by atoms with E-state index in [1.165, 1.54) is 57.8 Å². The number of phenols is 1. The van der Waals surface area contributed by atoms with E-state index in [1.807, 2.05) is 37.9 Å². The molecule has 6 heteroatoms. The van der Waals surface area contributed by atoms with E-state index in [9.17, 15) is 9.90 Å². The molecule has 0 unspecified atom stereocenters. The maximum atomic E-state index is 12.6. The zero-order chi connectivity index (χ0) is 24.9. The van der Waals surface area contributed by atoms with Gasteiger partial charge < -0.3 is 19.5 Å². The van der Waals surface area contributed by atoms with Gasteiger partial charge in [-0.15, -0.1) is 0 Å². The SMILES string of the molecule is CCCCCCCCCCCCCC(=O)N[C@@H](/C=C/P(OCC)OCC)Cc1ccc(O)cc1. The van der Waals surface area contributed by atoms with Gasteiger partial charge in [-0.1, -0.05) is 89.3 Å². The van der Waals surface area contributed by atoms with Crippen molar-refractivity contribution >= 4 is 14.3 Å². The van der Waals surface area contributed by atoms with Crippen LogP contribution >= 0.6 is 8.38 Å². The van der Waals surface area contributed by atoms with Crippen LogP contribution in [0.15, 0.2) is 36.2 Å². The molecule has 1 rings (SSSR count). The normalized spacial score (nSPS) is 12.5. The van der Waals surface area contributed by atoms with Crippen LogP contribution in [0.2, 0.25) is 0 Å². The Labute approximate surface area is 209 Å². The molecule has 1 amide bonds. The van der Waals surface area contributed by atoms with Gasteiger partial charge in [-0.2, -0.15) is 0 Å². The molecule has 0 fully saturated rings. The van der Waals surface area contributed by atoms with Crippen LogP contribution in [0.4, 0.5) is 0 Å². The Morgan fingerprint density at radius 1 is 0.882 bits per heavy atom. The first-order valence-corrected chi connectivity index (χ1v) is 14.6. The van der Waals surface area contributed by atoms with Crippen molar-refractivity contribution in [1.29, 1.82) is 0 Å². The minimum atomic E-state index is -1.10. The van der Waals surface area contributed by atoms with E-state index in [1.54, 1.807) is 12.1 Å². The third kappa shape index (κ3) is 16.2. The van der Waals surface area contributed by atoms with Gasteiger partial charge in [-0.05, 0) is 50.2 Å². The number of hydrogen-bond acceptors (Lipinski definition) is 4. The predicted octanol–water partition coefficient (Wildman–Crippen LogP) is 8.02.